The number of para-hydroxylation sites is 1. The third kappa shape index (κ3) is 3.53. The zero-order chi connectivity index (χ0) is 11.3. The van der Waals surface area contributed by atoms with Gasteiger partial charge >= 0.3 is 0 Å². The standard InChI is InChI=1S/C10H14N2S.CH3I/c1-8-11-12(9(2)13-8)10-6-4-3-5-7-10;1-2/h3-9,11H,1-2H3;1H3. The van der Waals surface area contributed by atoms with E-state index < -0.39 is 0 Å². The van der Waals surface area contributed by atoms with Gasteiger partial charge in [-0.25, -0.2) is 5.43 Å². The number of hydrogen-bond donors (Lipinski definition) is 1. The average Bonchev–Trinajstić information content (AvgIpc) is 2.62. The second-order valence-electron chi connectivity index (χ2n) is 3.21. The second-order valence-corrected chi connectivity index (χ2v) is 4.87. The maximum Gasteiger partial charge on any atom is 0.0895 e. The topological polar surface area (TPSA) is 15.3 Å². The van der Waals surface area contributed by atoms with E-state index in [1.165, 1.54) is 5.69 Å². The molecule has 0 spiro atoms. The Morgan fingerprint density at radius 2 is 1.80 bits per heavy atom. The van der Waals surface area contributed by atoms with Crippen molar-refractivity contribution in [2.45, 2.75) is 24.6 Å². The summed E-state index contributed by atoms with van der Waals surface area (Å²) in [6.07, 6.45) is 0. The van der Waals surface area contributed by atoms with Crippen LogP contribution in [-0.2, 0) is 0 Å². The first-order valence-corrected chi connectivity index (χ1v) is 8.01. The first kappa shape index (κ1) is 13.1. The summed E-state index contributed by atoms with van der Waals surface area (Å²) in [6, 6.07) is 10.4. The molecule has 2 nitrogen and oxygen atoms in total. The van der Waals surface area contributed by atoms with Crippen molar-refractivity contribution in [1.29, 1.82) is 0 Å². The van der Waals surface area contributed by atoms with Crippen molar-refractivity contribution in [3.8, 4) is 0 Å². The molecule has 1 N–H and O–H groups in total. The van der Waals surface area contributed by atoms with Crippen molar-refractivity contribution in [1.82, 2.24) is 5.43 Å². The fraction of sp³-hybridized carbons (Fsp3) is 0.455. The highest BCUT2D eigenvalue weighted by Gasteiger charge is 2.25. The largest absolute Gasteiger partial charge is 0.295 e. The molecule has 1 aliphatic rings. The summed E-state index contributed by atoms with van der Waals surface area (Å²) in [5, 5.41) is 3.24. The number of alkyl halides is 1. The monoisotopic (exact) mass is 336 g/mol. The molecule has 1 aromatic rings. The summed E-state index contributed by atoms with van der Waals surface area (Å²) in [4.78, 5) is 1.97. The number of halogens is 1. The normalized spacial score (nSPS) is 24.7. The molecule has 4 heteroatoms. The molecule has 0 saturated carbocycles. The Hall–Kier alpha value is 0.0600. The van der Waals surface area contributed by atoms with E-state index in [1.54, 1.807) is 0 Å². The summed E-state index contributed by atoms with van der Waals surface area (Å²) >= 11 is 4.09. The van der Waals surface area contributed by atoms with E-state index in [9.17, 15) is 0 Å². The van der Waals surface area contributed by atoms with E-state index in [4.69, 9.17) is 0 Å². The van der Waals surface area contributed by atoms with Crippen LogP contribution >= 0.6 is 34.4 Å². The number of hydrazine groups is 1. The van der Waals surface area contributed by atoms with Crippen LogP contribution in [0, 0.1) is 0 Å². The molecule has 2 unspecified atom stereocenters. The highest BCUT2D eigenvalue weighted by atomic mass is 127. The van der Waals surface area contributed by atoms with Gasteiger partial charge in [0.05, 0.1) is 16.4 Å². The number of benzene rings is 1. The van der Waals surface area contributed by atoms with Crippen LogP contribution in [0.1, 0.15) is 13.8 Å². The lowest BCUT2D eigenvalue weighted by atomic mass is 10.3. The van der Waals surface area contributed by atoms with Gasteiger partial charge in [0.2, 0.25) is 0 Å². The molecule has 15 heavy (non-hydrogen) atoms. The lowest BCUT2D eigenvalue weighted by Crippen LogP contribution is -2.37. The van der Waals surface area contributed by atoms with Gasteiger partial charge in [-0.2, -0.15) is 0 Å². The second kappa shape index (κ2) is 6.60. The zero-order valence-corrected chi connectivity index (χ0v) is 12.2. The number of hydrogen-bond acceptors (Lipinski definition) is 3. The number of rotatable bonds is 1. The minimum atomic E-state index is 0.509. The Morgan fingerprint density at radius 1 is 1.20 bits per heavy atom. The van der Waals surface area contributed by atoms with Crippen LogP contribution in [-0.4, -0.2) is 15.7 Å². The van der Waals surface area contributed by atoms with Gasteiger partial charge in [-0.1, -0.05) is 40.8 Å². The Kier molecular flexibility index (Phi) is 5.78. The highest BCUT2D eigenvalue weighted by Crippen LogP contribution is 2.29. The van der Waals surface area contributed by atoms with E-state index in [2.05, 4.69) is 71.1 Å². The molecule has 0 aromatic heterocycles. The highest BCUT2D eigenvalue weighted by molar-refractivity contribution is 14.1. The third-order valence-electron chi connectivity index (χ3n) is 2.12. The van der Waals surface area contributed by atoms with Crippen molar-refractivity contribution in [3.05, 3.63) is 30.3 Å². The van der Waals surface area contributed by atoms with E-state index >= 15 is 0 Å². The Bertz CT molecular complexity index is 281. The molecule has 1 fully saturated rings. The van der Waals surface area contributed by atoms with Gasteiger partial charge < -0.3 is 0 Å². The van der Waals surface area contributed by atoms with Gasteiger partial charge in [0.15, 0.2) is 0 Å². The van der Waals surface area contributed by atoms with Gasteiger partial charge in [0.1, 0.15) is 0 Å². The molecule has 2 rings (SSSR count). The SMILES string of the molecule is CC1NN(c2ccccc2)C(C)S1.CI. The van der Waals surface area contributed by atoms with Gasteiger partial charge in [0, 0.05) is 0 Å². The van der Waals surface area contributed by atoms with Crippen molar-refractivity contribution in [2.24, 2.45) is 0 Å². The van der Waals surface area contributed by atoms with E-state index in [-0.39, 0.29) is 0 Å². The predicted octanol–water partition coefficient (Wildman–Crippen LogP) is 3.49. The molecule has 1 aliphatic heterocycles. The van der Waals surface area contributed by atoms with Crippen molar-refractivity contribution in [2.75, 3.05) is 9.94 Å². The molecule has 1 aromatic carbocycles. The number of nitrogens with zero attached hydrogens (tertiary/aromatic N) is 1. The van der Waals surface area contributed by atoms with Gasteiger partial charge in [-0.05, 0) is 30.9 Å². The first-order valence-electron chi connectivity index (χ1n) is 4.91. The minimum absolute atomic E-state index is 0.509. The Balaban J connectivity index is 0.000000531. The summed E-state index contributed by atoms with van der Waals surface area (Å²) in [7, 11) is 0. The minimum Gasteiger partial charge on any atom is -0.295 e. The molecule has 0 amide bonds. The third-order valence-corrected chi connectivity index (χ3v) is 3.24. The molecule has 0 aliphatic carbocycles. The zero-order valence-electron chi connectivity index (χ0n) is 9.27. The summed E-state index contributed by atoms with van der Waals surface area (Å²) < 4.78 is 0. The van der Waals surface area contributed by atoms with Crippen LogP contribution in [0.25, 0.3) is 0 Å². The lowest BCUT2D eigenvalue weighted by molar-refractivity contribution is 0.658. The summed E-state index contributed by atoms with van der Waals surface area (Å²) in [5.41, 5.74) is 4.66. The predicted molar refractivity (Wildman–Crippen MR) is 78.5 cm³/mol. The number of anilines is 1. The van der Waals surface area contributed by atoms with Crippen LogP contribution in [0.2, 0.25) is 0 Å². The molecular weight excluding hydrogens is 319 g/mol. The van der Waals surface area contributed by atoms with E-state index in [1.807, 2.05) is 22.8 Å². The average molecular weight is 336 g/mol. The molecule has 0 bridgehead atoms. The van der Waals surface area contributed by atoms with Crippen LogP contribution < -0.4 is 10.4 Å². The van der Waals surface area contributed by atoms with Crippen molar-refractivity contribution in [3.63, 3.8) is 0 Å². The molecule has 84 valence electrons. The quantitative estimate of drug-likeness (QED) is 0.624. The summed E-state index contributed by atoms with van der Waals surface area (Å²) in [6.45, 7) is 4.40. The van der Waals surface area contributed by atoms with Gasteiger partial charge in [0.25, 0.3) is 0 Å². The number of nitrogens with one attached hydrogen (secondary N) is 1. The maximum absolute atomic E-state index is 3.42. The van der Waals surface area contributed by atoms with Gasteiger partial charge in [-0.3, -0.25) is 5.01 Å². The Labute approximate surface area is 110 Å². The maximum atomic E-state index is 3.42. The smallest absolute Gasteiger partial charge is 0.0895 e. The summed E-state index contributed by atoms with van der Waals surface area (Å²) in [5.74, 6) is 0. The van der Waals surface area contributed by atoms with Crippen LogP contribution in [0.3, 0.4) is 0 Å². The van der Waals surface area contributed by atoms with E-state index in [0.717, 1.165) is 0 Å². The van der Waals surface area contributed by atoms with Crippen LogP contribution in [0.4, 0.5) is 5.69 Å². The fourth-order valence-electron chi connectivity index (χ4n) is 1.56. The van der Waals surface area contributed by atoms with Gasteiger partial charge in [-0.15, -0.1) is 11.8 Å². The van der Waals surface area contributed by atoms with E-state index in [0.29, 0.717) is 10.7 Å². The van der Waals surface area contributed by atoms with Crippen molar-refractivity contribution < 1.29 is 0 Å². The number of thioether (sulfide) groups is 1. The van der Waals surface area contributed by atoms with Crippen LogP contribution in [0.15, 0.2) is 30.3 Å². The molecule has 1 saturated heterocycles. The molecule has 0 radical (unpaired) electrons. The lowest BCUT2D eigenvalue weighted by Gasteiger charge is -2.22. The molecule has 2 atom stereocenters. The Morgan fingerprint density at radius 3 is 2.27 bits per heavy atom. The fourth-order valence-corrected chi connectivity index (χ4v) is 2.63. The molecule has 1 heterocycles. The molecular formula is C11H17IN2S. The first-order chi connectivity index (χ1) is 7.27. The van der Waals surface area contributed by atoms with Crippen molar-refractivity contribution >= 4 is 40.0 Å². The van der Waals surface area contributed by atoms with Crippen LogP contribution in [0.5, 0.6) is 0 Å².